The second kappa shape index (κ2) is 8.07. The van der Waals surface area contributed by atoms with Gasteiger partial charge in [-0.2, -0.15) is 0 Å². The van der Waals surface area contributed by atoms with Crippen LogP contribution in [-0.2, 0) is 19.4 Å². The molecule has 8 heteroatoms. The van der Waals surface area contributed by atoms with Crippen LogP contribution in [-0.4, -0.2) is 30.5 Å². The summed E-state index contributed by atoms with van der Waals surface area (Å²) in [5, 5.41) is 0. The van der Waals surface area contributed by atoms with E-state index in [1.165, 1.54) is 6.92 Å². The van der Waals surface area contributed by atoms with Crippen molar-refractivity contribution in [1.29, 1.82) is 0 Å². The van der Waals surface area contributed by atoms with E-state index in [-0.39, 0.29) is 11.5 Å². The predicted molar refractivity (Wildman–Crippen MR) is 64.9 cm³/mol. The molecule has 0 aromatic rings. The molecule has 0 aliphatic carbocycles. The van der Waals surface area contributed by atoms with E-state index < -0.39 is 18.0 Å². The van der Waals surface area contributed by atoms with Crippen LogP contribution in [0.4, 0.5) is 0 Å². The number of nitrogens with two attached hydrogens (primary N) is 3. The first-order valence-electron chi connectivity index (χ1n) is 5.23. The third-order valence-electron chi connectivity index (χ3n) is 1.82. The van der Waals surface area contributed by atoms with E-state index in [1.54, 1.807) is 0 Å². The van der Waals surface area contributed by atoms with Gasteiger partial charge in [-0.15, -0.1) is 0 Å². The lowest BCUT2D eigenvalue weighted by Gasteiger charge is -2.08. The Kier molecular flexibility index (Phi) is 7.13. The number of guanidine groups is 1. The fourth-order valence-electron chi connectivity index (χ4n) is 0.849. The molecule has 18 heavy (non-hydrogen) atoms. The third kappa shape index (κ3) is 7.23. The van der Waals surface area contributed by atoms with Gasteiger partial charge in [-0.3, -0.25) is 4.99 Å². The summed E-state index contributed by atoms with van der Waals surface area (Å²) in [5.74, 6) is -1.69. The van der Waals surface area contributed by atoms with Crippen molar-refractivity contribution < 1.29 is 19.4 Å². The van der Waals surface area contributed by atoms with Gasteiger partial charge < -0.3 is 17.2 Å². The predicted octanol–water partition coefficient (Wildman–Crippen LogP) is -1.06. The summed E-state index contributed by atoms with van der Waals surface area (Å²) in [6.45, 7) is 5.10. The molecule has 0 aromatic heterocycles. The van der Waals surface area contributed by atoms with Gasteiger partial charge in [0.15, 0.2) is 5.96 Å². The molecule has 0 saturated heterocycles. The number of rotatable bonds is 6. The fourth-order valence-corrected chi connectivity index (χ4v) is 0.849. The lowest BCUT2D eigenvalue weighted by atomic mass is 10.2. The highest BCUT2D eigenvalue weighted by molar-refractivity contribution is 5.87. The highest BCUT2D eigenvalue weighted by Crippen LogP contribution is 2.00. The highest BCUT2D eigenvalue weighted by Gasteiger charge is 2.18. The van der Waals surface area contributed by atoms with Crippen LogP contribution in [0.1, 0.15) is 19.8 Å². The lowest BCUT2D eigenvalue weighted by molar-refractivity contribution is -0.256. The molecule has 6 N–H and O–H groups in total. The molecular weight excluding hydrogens is 240 g/mol. The van der Waals surface area contributed by atoms with E-state index in [0.29, 0.717) is 19.4 Å². The average Bonchev–Trinajstić information content (AvgIpc) is 2.30. The van der Waals surface area contributed by atoms with Gasteiger partial charge in [0.25, 0.3) is 0 Å². The largest absolute Gasteiger partial charge is 0.381 e. The molecule has 0 radical (unpaired) electrons. The summed E-state index contributed by atoms with van der Waals surface area (Å²) in [5.41, 5.74) is 15.8. The van der Waals surface area contributed by atoms with E-state index >= 15 is 0 Å². The van der Waals surface area contributed by atoms with Crippen molar-refractivity contribution in [2.24, 2.45) is 22.2 Å². The van der Waals surface area contributed by atoms with E-state index in [2.05, 4.69) is 21.3 Å². The molecule has 0 aromatic carbocycles. The van der Waals surface area contributed by atoms with Crippen molar-refractivity contribution in [2.45, 2.75) is 25.8 Å². The number of hydrogen-bond acceptors (Lipinski definition) is 6. The minimum absolute atomic E-state index is 0.0264. The molecule has 102 valence electrons. The summed E-state index contributed by atoms with van der Waals surface area (Å²) in [4.78, 5) is 34.3. The van der Waals surface area contributed by atoms with Crippen LogP contribution in [0, 0.1) is 0 Å². The van der Waals surface area contributed by atoms with Gasteiger partial charge in [-0.05, 0) is 19.8 Å². The molecule has 0 fully saturated rings. The zero-order chi connectivity index (χ0) is 14.1. The molecule has 1 atom stereocenters. The summed E-state index contributed by atoms with van der Waals surface area (Å²) in [7, 11) is 0. The van der Waals surface area contributed by atoms with Crippen molar-refractivity contribution >= 4 is 17.9 Å². The normalized spacial score (nSPS) is 11.2. The summed E-state index contributed by atoms with van der Waals surface area (Å²) >= 11 is 0. The maximum Gasteiger partial charge on any atom is 0.381 e. The van der Waals surface area contributed by atoms with Crippen LogP contribution >= 0.6 is 0 Å². The van der Waals surface area contributed by atoms with Crippen molar-refractivity contribution in [3.8, 4) is 0 Å². The van der Waals surface area contributed by atoms with E-state index in [0.717, 1.165) is 0 Å². The zero-order valence-corrected chi connectivity index (χ0v) is 10.2. The first-order valence-corrected chi connectivity index (χ1v) is 5.23. The number of aliphatic imine (C=N–C) groups is 1. The van der Waals surface area contributed by atoms with Crippen LogP contribution in [0.5, 0.6) is 0 Å². The standard InChI is InChI=1S/C10H18N4O4/c1-6(2)8(15)17-18-9(16)7(11)4-3-5-14-10(12)13/h7H,1,3-5,11H2,2H3,(H4,12,13,14). The third-order valence-corrected chi connectivity index (χ3v) is 1.82. The molecule has 0 aliphatic heterocycles. The molecule has 0 bridgehead atoms. The van der Waals surface area contributed by atoms with Gasteiger partial charge in [0.1, 0.15) is 6.04 Å². The zero-order valence-electron chi connectivity index (χ0n) is 10.2. The Morgan fingerprint density at radius 3 is 2.44 bits per heavy atom. The van der Waals surface area contributed by atoms with Crippen molar-refractivity contribution in [3.05, 3.63) is 12.2 Å². The molecule has 8 nitrogen and oxygen atoms in total. The molecule has 1 unspecified atom stereocenters. The van der Waals surface area contributed by atoms with Crippen LogP contribution in [0.2, 0.25) is 0 Å². The maximum atomic E-state index is 11.3. The topological polar surface area (TPSA) is 143 Å². The first kappa shape index (κ1) is 15.9. The second-order valence-corrected chi connectivity index (χ2v) is 3.61. The Hall–Kier alpha value is -2.09. The van der Waals surface area contributed by atoms with E-state index in [1.807, 2.05) is 0 Å². The minimum atomic E-state index is -0.905. The Balaban J connectivity index is 3.86. The van der Waals surface area contributed by atoms with Crippen LogP contribution in [0.15, 0.2) is 17.1 Å². The van der Waals surface area contributed by atoms with E-state index in [4.69, 9.17) is 17.2 Å². The maximum absolute atomic E-state index is 11.3. The number of nitrogens with zero attached hydrogens (tertiary/aromatic N) is 1. The summed E-state index contributed by atoms with van der Waals surface area (Å²) < 4.78 is 0. The Bertz CT molecular complexity index is 350. The molecule has 0 heterocycles. The highest BCUT2D eigenvalue weighted by atomic mass is 17.2. The van der Waals surface area contributed by atoms with Crippen LogP contribution in [0.25, 0.3) is 0 Å². The molecule has 0 rings (SSSR count). The molecular formula is C10H18N4O4. The average molecular weight is 258 g/mol. The quantitative estimate of drug-likeness (QED) is 0.138. The smallest absolute Gasteiger partial charge is 0.370 e. The van der Waals surface area contributed by atoms with Crippen LogP contribution < -0.4 is 17.2 Å². The van der Waals surface area contributed by atoms with Gasteiger partial charge in [-0.25, -0.2) is 19.4 Å². The lowest BCUT2D eigenvalue weighted by Crippen LogP contribution is -2.33. The summed E-state index contributed by atoms with van der Waals surface area (Å²) in [6, 6.07) is -0.905. The van der Waals surface area contributed by atoms with Crippen molar-refractivity contribution in [2.75, 3.05) is 6.54 Å². The molecule has 0 amide bonds. The Morgan fingerprint density at radius 1 is 1.33 bits per heavy atom. The van der Waals surface area contributed by atoms with E-state index in [9.17, 15) is 9.59 Å². The van der Waals surface area contributed by atoms with Gasteiger partial charge in [0, 0.05) is 12.1 Å². The first-order chi connectivity index (χ1) is 8.34. The SMILES string of the molecule is C=C(C)C(=O)OOC(=O)C(N)CCCN=C(N)N. The second-order valence-electron chi connectivity index (χ2n) is 3.61. The number of hydrogen-bond donors (Lipinski definition) is 3. The van der Waals surface area contributed by atoms with Gasteiger partial charge in [-0.1, -0.05) is 6.58 Å². The Labute approximate surface area is 105 Å². The van der Waals surface area contributed by atoms with Gasteiger partial charge in [0.05, 0.1) is 0 Å². The Morgan fingerprint density at radius 2 is 1.94 bits per heavy atom. The van der Waals surface area contributed by atoms with Crippen molar-refractivity contribution in [3.63, 3.8) is 0 Å². The van der Waals surface area contributed by atoms with Crippen molar-refractivity contribution in [1.82, 2.24) is 0 Å². The minimum Gasteiger partial charge on any atom is -0.370 e. The number of carbonyl (C=O) groups excluding carboxylic acids is 2. The fraction of sp³-hybridized carbons (Fsp3) is 0.500. The molecule has 0 saturated carbocycles. The monoisotopic (exact) mass is 258 g/mol. The molecule has 0 spiro atoms. The van der Waals surface area contributed by atoms with Crippen LogP contribution in [0.3, 0.4) is 0 Å². The van der Waals surface area contributed by atoms with Gasteiger partial charge >= 0.3 is 11.9 Å². The summed E-state index contributed by atoms with van der Waals surface area (Å²) in [6.07, 6.45) is 0.808. The van der Waals surface area contributed by atoms with Gasteiger partial charge in [0.2, 0.25) is 0 Å². The number of carbonyl (C=O) groups is 2. The molecule has 0 aliphatic rings.